The van der Waals surface area contributed by atoms with Crippen molar-refractivity contribution >= 4 is 43.2 Å². The van der Waals surface area contributed by atoms with Gasteiger partial charge in [-0.1, -0.05) is 40.2 Å². The maximum atomic E-state index is 13.6. The van der Waals surface area contributed by atoms with Crippen molar-refractivity contribution in [1.29, 1.82) is 0 Å². The van der Waals surface area contributed by atoms with Gasteiger partial charge in [-0.2, -0.15) is 0 Å². The lowest BCUT2D eigenvalue weighted by atomic mass is 10.1. The predicted octanol–water partition coefficient (Wildman–Crippen LogP) is 4.13. The van der Waals surface area contributed by atoms with Crippen LogP contribution in [0.1, 0.15) is 19.4 Å². The smallest absolute Gasteiger partial charge is 0.266 e. The predicted molar refractivity (Wildman–Crippen MR) is 112 cm³/mol. The zero-order valence-electron chi connectivity index (χ0n) is 15.2. The monoisotopic (exact) mass is 448 g/mol. The van der Waals surface area contributed by atoms with E-state index < -0.39 is 10.0 Å². The molecular weight excluding hydrogens is 428 g/mol. The summed E-state index contributed by atoms with van der Waals surface area (Å²) in [5.41, 5.74) is 1.87. The fraction of sp³-hybridized carbons (Fsp3) is 0.250. The van der Waals surface area contributed by atoms with Crippen molar-refractivity contribution in [3.8, 4) is 0 Å². The highest BCUT2D eigenvalue weighted by molar-refractivity contribution is 9.10. The fourth-order valence-corrected chi connectivity index (χ4v) is 5.87. The van der Waals surface area contributed by atoms with Gasteiger partial charge < -0.3 is 4.90 Å². The number of carbonyl (C=O) groups excluding carboxylic acids is 1. The number of sulfonamides is 1. The lowest BCUT2D eigenvalue weighted by Gasteiger charge is -2.27. The molecule has 0 aromatic heterocycles. The number of rotatable bonds is 5. The zero-order chi connectivity index (χ0) is 19.8. The van der Waals surface area contributed by atoms with E-state index in [1.807, 2.05) is 19.1 Å². The van der Waals surface area contributed by atoms with Crippen molar-refractivity contribution in [1.82, 2.24) is 0 Å². The summed E-state index contributed by atoms with van der Waals surface area (Å²) >= 11 is 3.42. The molecule has 1 heterocycles. The Morgan fingerprint density at radius 3 is 2.59 bits per heavy atom. The molecule has 2 aromatic rings. The summed E-state index contributed by atoms with van der Waals surface area (Å²) in [5.74, 6) is -0.171. The molecular formula is C20H21BrN2O3S. The molecule has 1 aliphatic heterocycles. The zero-order valence-corrected chi connectivity index (χ0v) is 17.6. The third-order valence-corrected chi connectivity index (χ3v) is 6.83. The second kappa shape index (κ2) is 7.48. The van der Waals surface area contributed by atoms with Crippen LogP contribution < -0.4 is 9.21 Å². The minimum atomic E-state index is -3.92. The quantitative estimate of drug-likeness (QED) is 0.646. The van der Waals surface area contributed by atoms with Gasteiger partial charge in [0, 0.05) is 17.4 Å². The molecule has 7 heteroatoms. The third kappa shape index (κ3) is 3.53. The molecule has 0 fully saturated rings. The van der Waals surface area contributed by atoms with E-state index in [1.54, 1.807) is 41.3 Å². The number of hydrogen-bond acceptors (Lipinski definition) is 3. The minimum Gasteiger partial charge on any atom is -0.308 e. The molecule has 5 nitrogen and oxygen atoms in total. The van der Waals surface area contributed by atoms with Crippen LogP contribution in [0.3, 0.4) is 0 Å². The van der Waals surface area contributed by atoms with E-state index in [0.29, 0.717) is 22.3 Å². The van der Waals surface area contributed by atoms with Crippen LogP contribution >= 0.6 is 15.9 Å². The molecule has 0 saturated carbocycles. The van der Waals surface area contributed by atoms with E-state index in [-0.39, 0.29) is 23.4 Å². The highest BCUT2D eigenvalue weighted by Crippen LogP contribution is 2.41. The van der Waals surface area contributed by atoms with Crippen molar-refractivity contribution in [2.75, 3.05) is 15.7 Å². The number of anilines is 2. The molecule has 0 saturated heterocycles. The van der Waals surface area contributed by atoms with Gasteiger partial charge in [-0.3, -0.25) is 9.10 Å². The van der Waals surface area contributed by atoms with E-state index >= 15 is 0 Å². The Balaban J connectivity index is 2.23. The van der Waals surface area contributed by atoms with Crippen LogP contribution in [0.2, 0.25) is 0 Å². The lowest BCUT2D eigenvalue weighted by Crippen LogP contribution is -2.36. The Bertz CT molecular complexity index is 990. The Hall–Kier alpha value is -2.12. The molecule has 1 amide bonds. The minimum absolute atomic E-state index is 0.0923. The van der Waals surface area contributed by atoms with Gasteiger partial charge in [0.15, 0.2) is 0 Å². The van der Waals surface area contributed by atoms with Crippen molar-refractivity contribution in [3.05, 3.63) is 65.2 Å². The Morgan fingerprint density at radius 2 is 2.00 bits per heavy atom. The third-order valence-electron chi connectivity index (χ3n) is 4.56. The maximum Gasteiger partial charge on any atom is 0.266 e. The van der Waals surface area contributed by atoms with Crippen molar-refractivity contribution in [2.45, 2.75) is 31.2 Å². The Kier molecular flexibility index (Phi) is 5.44. The molecule has 0 radical (unpaired) electrons. The maximum absolute atomic E-state index is 13.6. The first-order chi connectivity index (χ1) is 12.8. The number of amides is 1. The summed E-state index contributed by atoms with van der Waals surface area (Å²) in [7, 11) is -3.92. The van der Waals surface area contributed by atoms with Crippen molar-refractivity contribution in [3.63, 3.8) is 0 Å². The summed E-state index contributed by atoms with van der Waals surface area (Å²) < 4.78 is 29.2. The van der Waals surface area contributed by atoms with E-state index in [0.717, 1.165) is 5.56 Å². The standard InChI is InChI=1S/C20H21BrN2O3S/c1-4-10-22(18-8-6-5-7-9-18)27(25,26)19-13-17(21)12-16-11-14(2)23(15(3)24)20(16)19/h4-9,12-14H,1,10-11H2,2-3H3. The van der Waals surface area contributed by atoms with Crippen LogP contribution in [0.4, 0.5) is 11.4 Å². The van der Waals surface area contributed by atoms with Gasteiger partial charge in [-0.05, 0) is 43.2 Å². The summed E-state index contributed by atoms with van der Waals surface area (Å²) in [6.45, 7) is 7.21. The number of fused-ring (bicyclic) bond motifs is 1. The molecule has 3 rings (SSSR count). The molecule has 142 valence electrons. The number of carbonyl (C=O) groups is 1. The molecule has 27 heavy (non-hydrogen) atoms. The SMILES string of the molecule is C=CCN(c1ccccc1)S(=O)(=O)c1cc(Br)cc2c1N(C(C)=O)C(C)C2. The van der Waals surface area contributed by atoms with Crippen LogP contribution in [-0.2, 0) is 21.2 Å². The molecule has 0 N–H and O–H groups in total. The second-order valence-corrected chi connectivity index (χ2v) is 9.26. The summed E-state index contributed by atoms with van der Waals surface area (Å²) in [6.07, 6.45) is 2.16. The molecule has 0 aliphatic carbocycles. The van der Waals surface area contributed by atoms with Crippen LogP contribution in [0.15, 0.2) is 64.5 Å². The lowest BCUT2D eigenvalue weighted by molar-refractivity contribution is -0.116. The molecule has 0 bridgehead atoms. The normalized spacial score (nSPS) is 16.1. The topological polar surface area (TPSA) is 57.7 Å². The number of para-hydroxylation sites is 1. The molecule has 1 unspecified atom stereocenters. The van der Waals surface area contributed by atoms with Crippen LogP contribution in [0.25, 0.3) is 0 Å². The molecule has 2 aromatic carbocycles. The summed E-state index contributed by atoms with van der Waals surface area (Å²) in [6, 6.07) is 12.3. The number of benzene rings is 2. The second-order valence-electron chi connectivity index (χ2n) is 6.51. The van der Waals surface area contributed by atoms with Gasteiger partial charge in [-0.25, -0.2) is 8.42 Å². The van der Waals surface area contributed by atoms with Gasteiger partial charge in [0.25, 0.3) is 10.0 Å². The Labute approximate surface area is 168 Å². The van der Waals surface area contributed by atoms with E-state index in [4.69, 9.17) is 0 Å². The first-order valence-corrected chi connectivity index (χ1v) is 10.8. The fourth-order valence-electron chi connectivity index (χ4n) is 3.52. The average Bonchev–Trinajstić information content (AvgIpc) is 2.95. The highest BCUT2D eigenvalue weighted by atomic mass is 79.9. The van der Waals surface area contributed by atoms with Crippen LogP contribution in [0.5, 0.6) is 0 Å². The first-order valence-electron chi connectivity index (χ1n) is 8.58. The van der Waals surface area contributed by atoms with Crippen molar-refractivity contribution < 1.29 is 13.2 Å². The Morgan fingerprint density at radius 1 is 1.33 bits per heavy atom. The van der Waals surface area contributed by atoms with E-state index in [9.17, 15) is 13.2 Å². The van der Waals surface area contributed by atoms with E-state index in [1.165, 1.54) is 11.2 Å². The number of halogens is 1. The average molecular weight is 449 g/mol. The van der Waals surface area contributed by atoms with E-state index in [2.05, 4.69) is 22.5 Å². The largest absolute Gasteiger partial charge is 0.308 e. The summed E-state index contributed by atoms with van der Waals surface area (Å²) in [4.78, 5) is 13.9. The number of nitrogens with zero attached hydrogens (tertiary/aromatic N) is 2. The first kappa shape index (κ1) is 19.6. The molecule has 0 spiro atoms. The summed E-state index contributed by atoms with van der Waals surface area (Å²) in [5, 5.41) is 0. The van der Waals surface area contributed by atoms with Crippen LogP contribution in [-0.4, -0.2) is 26.9 Å². The van der Waals surface area contributed by atoms with Crippen LogP contribution in [0, 0.1) is 0 Å². The van der Waals surface area contributed by atoms with Gasteiger partial charge in [0.2, 0.25) is 5.91 Å². The van der Waals surface area contributed by atoms with Gasteiger partial charge in [0.05, 0.1) is 17.9 Å². The van der Waals surface area contributed by atoms with Gasteiger partial charge in [-0.15, -0.1) is 6.58 Å². The molecule has 1 atom stereocenters. The number of hydrogen-bond donors (Lipinski definition) is 0. The van der Waals surface area contributed by atoms with Crippen molar-refractivity contribution in [2.24, 2.45) is 0 Å². The van der Waals surface area contributed by atoms with Gasteiger partial charge >= 0.3 is 0 Å². The highest BCUT2D eigenvalue weighted by Gasteiger charge is 2.37. The van der Waals surface area contributed by atoms with Gasteiger partial charge in [0.1, 0.15) is 4.90 Å². The molecule has 1 aliphatic rings.